The van der Waals surface area contributed by atoms with E-state index in [2.05, 4.69) is 31.0 Å². The van der Waals surface area contributed by atoms with Crippen molar-refractivity contribution in [3.05, 3.63) is 0 Å². The Morgan fingerprint density at radius 3 is 2.87 bits per heavy atom. The molecule has 1 heterocycles. The average Bonchev–Trinajstić information content (AvgIpc) is 2.92. The van der Waals surface area contributed by atoms with Gasteiger partial charge in [-0.05, 0) is 25.2 Å². The second-order valence-electron chi connectivity index (χ2n) is 5.35. The molecule has 2 aliphatic rings. The summed E-state index contributed by atoms with van der Waals surface area (Å²) < 4.78 is 0. The van der Waals surface area contributed by atoms with Crippen LogP contribution in [0.25, 0.3) is 0 Å². The summed E-state index contributed by atoms with van der Waals surface area (Å²) in [4.78, 5) is 14.3. The molecule has 3 heteroatoms. The Kier molecular flexibility index (Phi) is 2.75. The van der Waals surface area contributed by atoms with Gasteiger partial charge in [0, 0.05) is 31.6 Å². The predicted molar refractivity (Wildman–Crippen MR) is 60.5 cm³/mol. The molecule has 1 aliphatic carbocycles. The van der Waals surface area contributed by atoms with E-state index in [1.54, 1.807) is 0 Å². The summed E-state index contributed by atoms with van der Waals surface area (Å²) >= 11 is 0. The van der Waals surface area contributed by atoms with E-state index in [0.29, 0.717) is 23.3 Å². The molecule has 1 amide bonds. The highest BCUT2D eigenvalue weighted by atomic mass is 16.2. The average molecular weight is 210 g/mol. The highest BCUT2D eigenvalue weighted by molar-refractivity contribution is 5.83. The summed E-state index contributed by atoms with van der Waals surface area (Å²) in [5.41, 5.74) is 0.307. The fourth-order valence-corrected chi connectivity index (χ4v) is 2.55. The normalized spacial score (nSPS) is 40.3. The molecule has 1 saturated heterocycles. The summed E-state index contributed by atoms with van der Waals surface area (Å²) in [6.45, 7) is 9.34. The van der Waals surface area contributed by atoms with Crippen molar-refractivity contribution in [3.63, 3.8) is 0 Å². The van der Waals surface area contributed by atoms with Crippen molar-refractivity contribution < 1.29 is 4.79 Å². The first-order valence-electron chi connectivity index (χ1n) is 6.09. The minimum absolute atomic E-state index is 0.307. The highest BCUT2D eigenvalue weighted by Crippen LogP contribution is 2.55. The van der Waals surface area contributed by atoms with Gasteiger partial charge in [-0.1, -0.05) is 13.8 Å². The van der Waals surface area contributed by atoms with E-state index in [1.807, 2.05) is 0 Å². The number of rotatable bonds is 2. The third-order valence-electron chi connectivity index (χ3n) is 4.24. The number of hydrogen-bond donors (Lipinski definition) is 1. The van der Waals surface area contributed by atoms with Crippen molar-refractivity contribution in [3.8, 4) is 0 Å². The lowest BCUT2D eigenvalue weighted by molar-refractivity contribution is -0.136. The molecule has 1 N–H and O–H groups in total. The SMILES string of the molecule is CCC1(C)CC1C(=O)N1CCNCC1C. The zero-order valence-corrected chi connectivity index (χ0v) is 10.0. The molecule has 3 nitrogen and oxygen atoms in total. The number of piperazine rings is 1. The molecule has 86 valence electrons. The van der Waals surface area contributed by atoms with E-state index in [1.165, 1.54) is 0 Å². The highest BCUT2D eigenvalue weighted by Gasteiger charge is 2.54. The molecule has 0 aromatic rings. The molecule has 2 rings (SSSR count). The molecule has 3 atom stereocenters. The van der Waals surface area contributed by atoms with Crippen LogP contribution >= 0.6 is 0 Å². The minimum Gasteiger partial charge on any atom is -0.337 e. The van der Waals surface area contributed by atoms with Gasteiger partial charge in [-0.15, -0.1) is 0 Å². The van der Waals surface area contributed by atoms with Gasteiger partial charge in [0.15, 0.2) is 0 Å². The Balaban J connectivity index is 1.97. The Hall–Kier alpha value is -0.570. The maximum absolute atomic E-state index is 12.2. The fourth-order valence-electron chi connectivity index (χ4n) is 2.55. The van der Waals surface area contributed by atoms with Crippen LogP contribution in [-0.2, 0) is 4.79 Å². The van der Waals surface area contributed by atoms with Gasteiger partial charge in [0.2, 0.25) is 5.91 Å². The van der Waals surface area contributed by atoms with Gasteiger partial charge >= 0.3 is 0 Å². The molecule has 0 aromatic carbocycles. The van der Waals surface area contributed by atoms with Crippen molar-refractivity contribution in [2.45, 2.75) is 39.7 Å². The number of hydrogen-bond acceptors (Lipinski definition) is 2. The maximum Gasteiger partial charge on any atom is 0.226 e. The van der Waals surface area contributed by atoms with Gasteiger partial charge in [-0.25, -0.2) is 0 Å². The fraction of sp³-hybridized carbons (Fsp3) is 0.917. The van der Waals surface area contributed by atoms with Gasteiger partial charge in [0.05, 0.1) is 0 Å². The van der Waals surface area contributed by atoms with Crippen LogP contribution in [0.5, 0.6) is 0 Å². The van der Waals surface area contributed by atoms with Crippen molar-refractivity contribution >= 4 is 5.91 Å². The Morgan fingerprint density at radius 1 is 1.60 bits per heavy atom. The minimum atomic E-state index is 0.307. The second kappa shape index (κ2) is 3.78. The Labute approximate surface area is 92.2 Å². The van der Waals surface area contributed by atoms with Crippen LogP contribution in [0.4, 0.5) is 0 Å². The van der Waals surface area contributed by atoms with Crippen molar-refractivity contribution in [2.24, 2.45) is 11.3 Å². The van der Waals surface area contributed by atoms with Crippen molar-refractivity contribution in [1.82, 2.24) is 10.2 Å². The molecule has 0 aromatic heterocycles. The first kappa shape index (κ1) is 10.9. The Morgan fingerprint density at radius 2 is 2.33 bits per heavy atom. The van der Waals surface area contributed by atoms with E-state index in [0.717, 1.165) is 32.5 Å². The van der Waals surface area contributed by atoms with Crippen molar-refractivity contribution in [2.75, 3.05) is 19.6 Å². The van der Waals surface area contributed by atoms with Crippen LogP contribution in [0.3, 0.4) is 0 Å². The van der Waals surface area contributed by atoms with Gasteiger partial charge in [0.25, 0.3) is 0 Å². The standard InChI is InChI=1S/C12H22N2O/c1-4-12(3)7-10(12)11(15)14-6-5-13-8-9(14)2/h9-10,13H,4-8H2,1-3H3. The summed E-state index contributed by atoms with van der Waals surface area (Å²) in [5.74, 6) is 0.705. The second-order valence-corrected chi connectivity index (χ2v) is 5.35. The lowest BCUT2D eigenvalue weighted by Gasteiger charge is -2.34. The van der Waals surface area contributed by atoms with E-state index < -0.39 is 0 Å². The van der Waals surface area contributed by atoms with E-state index in [9.17, 15) is 4.79 Å². The molecule has 0 bridgehead atoms. The molecule has 0 spiro atoms. The summed E-state index contributed by atoms with van der Waals surface area (Å²) in [6, 6.07) is 0.368. The number of carbonyl (C=O) groups excluding carboxylic acids is 1. The molecule has 15 heavy (non-hydrogen) atoms. The summed E-state index contributed by atoms with van der Waals surface area (Å²) in [7, 11) is 0. The molecular formula is C12H22N2O. The van der Waals surface area contributed by atoms with Gasteiger partial charge < -0.3 is 10.2 Å². The smallest absolute Gasteiger partial charge is 0.226 e. The van der Waals surface area contributed by atoms with E-state index >= 15 is 0 Å². The van der Waals surface area contributed by atoms with Crippen LogP contribution in [-0.4, -0.2) is 36.5 Å². The third-order valence-corrected chi connectivity index (χ3v) is 4.24. The van der Waals surface area contributed by atoms with E-state index in [-0.39, 0.29) is 0 Å². The summed E-state index contributed by atoms with van der Waals surface area (Å²) in [6.07, 6.45) is 2.23. The van der Waals surface area contributed by atoms with Crippen LogP contribution < -0.4 is 5.32 Å². The quantitative estimate of drug-likeness (QED) is 0.744. The number of amides is 1. The number of carbonyl (C=O) groups is 1. The predicted octanol–water partition coefficient (Wildman–Crippen LogP) is 1.24. The monoisotopic (exact) mass is 210 g/mol. The van der Waals surface area contributed by atoms with Crippen LogP contribution in [0.2, 0.25) is 0 Å². The van der Waals surface area contributed by atoms with Gasteiger partial charge in [-0.2, -0.15) is 0 Å². The molecule has 3 unspecified atom stereocenters. The van der Waals surface area contributed by atoms with Crippen LogP contribution in [0.1, 0.15) is 33.6 Å². The van der Waals surface area contributed by atoms with Crippen molar-refractivity contribution in [1.29, 1.82) is 0 Å². The maximum atomic E-state index is 12.2. The number of nitrogens with one attached hydrogen (secondary N) is 1. The molecular weight excluding hydrogens is 188 g/mol. The molecule has 0 radical (unpaired) electrons. The van der Waals surface area contributed by atoms with E-state index in [4.69, 9.17) is 0 Å². The lowest BCUT2D eigenvalue weighted by atomic mass is 10.0. The zero-order chi connectivity index (χ0) is 11.1. The van der Waals surface area contributed by atoms with Crippen LogP contribution in [0.15, 0.2) is 0 Å². The lowest BCUT2D eigenvalue weighted by Crippen LogP contribution is -2.53. The summed E-state index contributed by atoms with van der Waals surface area (Å²) in [5, 5.41) is 3.32. The number of nitrogens with zero attached hydrogens (tertiary/aromatic N) is 1. The first-order chi connectivity index (χ1) is 7.08. The molecule has 2 fully saturated rings. The zero-order valence-electron chi connectivity index (χ0n) is 10.0. The topological polar surface area (TPSA) is 32.3 Å². The Bertz CT molecular complexity index is 266. The van der Waals surface area contributed by atoms with Crippen LogP contribution in [0, 0.1) is 11.3 Å². The molecule has 1 saturated carbocycles. The third kappa shape index (κ3) is 1.89. The van der Waals surface area contributed by atoms with Gasteiger partial charge in [-0.3, -0.25) is 4.79 Å². The largest absolute Gasteiger partial charge is 0.337 e. The van der Waals surface area contributed by atoms with Gasteiger partial charge in [0.1, 0.15) is 0 Å². The first-order valence-corrected chi connectivity index (χ1v) is 6.09. The molecule has 1 aliphatic heterocycles.